The van der Waals surface area contributed by atoms with E-state index in [2.05, 4.69) is 50.3 Å². The molecule has 0 aromatic carbocycles. The molecule has 13 heteroatoms. The predicted molar refractivity (Wildman–Crippen MR) is 235 cm³/mol. The molecule has 0 heterocycles. The number of unbranched alkanes of at least 4 members (excludes halogenated alkanes) is 21. The van der Waals surface area contributed by atoms with Crippen LogP contribution in [-0.2, 0) is 27.9 Å². The summed E-state index contributed by atoms with van der Waals surface area (Å²) in [5.74, 6) is -0.487. The number of rotatable bonds is 39. The van der Waals surface area contributed by atoms with Gasteiger partial charge in [-0.25, -0.2) is 4.57 Å². The van der Waals surface area contributed by atoms with E-state index >= 15 is 0 Å². The smallest absolute Gasteiger partial charge is 0.457 e. The largest absolute Gasteiger partial charge is 0.472 e. The van der Waals surface area contributed by atoms with Gasteiger partial charge in [0.2, 0.25) is 0 Å². The molecule has 59 heavy (non-hydrogen) atoms. The first kappa shape index (κ1) is 55.6. The van der Waals surface area contributed by atoms with Gasteiger partial charge in [-0.1, -0.05) is 147 Å². The molecule has 0 aromatic rings. The summed E-state index contributed by atoms with van der Waals surface area (Å²) in [6, 6.07) is 0. The number of aliphatic hydroxyl groups excluding tert-OH is 5. The van der Waals surface area contributed by atoms with E-state index in [1.54, 1.807) is 0 Å². The Bertz CT molecular complexity index is 1120. The lowest BCUT2D eigenvalue weighted by Crippen LogP contribution is -2.64. The van der Waals surface area contributed by atoms with Crippen LogP contribution in [0.25, 0.3) is 0 Å². The number of allylic oxidation sites excluding steroid dienone is 6. The van der Waals surface area contributed by atoms with Crippen LogP contribution in [0.2, 0.25) is 0 Å². The average molecular weight is 861 g/mol. The maximum atomic E-state index is 12.8. The second-order valence-electron chi connectivity index (χ2n) is 16.2. The molecule has 6 atom stereocenters. The van der Waals surface area contributed by atoms with Crippen molar-refractivity contribution in [1.29, 1.82) is 0 Å². The minimum absolute atomic E-state index is 0.0835. The third-order valence-electron chi connectivity index (χ3n) is 10.7. The van der Waals surface area contributed by atoms with Crippen molar-refractivity contribution in [2.45, 2.75) is 230 Å². The minimum atomic E-state index is -5.02. The van der Waals surface area contributed by atoms with Crippen molar-refractivity contribution in [2.24, 2.45) is 0 Å². The third-order valence-corrected chi connectivity index (χ3v) is 11.7. The van der Waals surface area contributed by atoms with Gasteiger partial charge in [0, 0.05) is 13.0 Å². The molecule has 0 aliphatic heterocycles. The fraction of sp³-hybridized carbons (Fsp3) is 0.848. The zero-order valence-electron chi connectivity index (χ0n) is 36.8. The van der Waals surface area contributed by atoms with Crippen molar-refractivity contribution in [2.75, 3.05) is 19.8 Å². The summed E-state index contributed by atoms with van der Waals surface area (Å²) in [7, 11) is -5.02. The third kappa shape index (κ3) is 29.5. The Hall–Kier alpha value is -1.44. The van der Waals surface area contributed by atoms with Gasteiger partial charge in [0.15, 0.2) is 0 Å². The number of esters is 1. The number of ether oxygens (including phenoxy) is 2. The van der Waals surface area contributed by atoms with Crippen LogP contribution in [0.1, 0.15) is 187 Å². The molecule has 0 bridgehead atoms. The van der Waals surface area contributed by atoms with Gasteiger partial charge in [-0.2, -0.15) is 0 Å². The molecule has 0 amide bonds. The van der Waals surface area contributed by atoms with Crippen LogP contribution < -0.4 is 0 Å². The Labute approximate surface area is 357 Å². The molecule has 12 nitrogen and oxygen atoms in total. The van der Waals surface area contributed by atoms with Crippen molar-refractivity contribution in [1.82, 2.24) is 0 Å². The molecule has 346 valence electrons. The van der Waals surface area contributed by atoms with Gasteiger partial charge in [0.25, 0.3) is 0 Å². The van der Waals surface area contributed by atoms with Crippen molar-refractivity contribution < 1.29 is 58.3 Å². The van der Waals surface area contributed by atoms with Crippen LogP contribution in [0.5, 0.6) is 0 Å². The van der Waals surface area contributed by atoms with Crippen LogP contribution in [0.3, 0.4) is 0 Å². The average Bonchev–Trinajstić information content (AvgIpc) is 3.22. The number of hydrogen-bond donors (Lipinski definition) is 6. The lowest BCUT2D eigenvalue weighted by Gasteiger charge is -2.41. The van der Waals surface area contributed by atoms with Crippen LogP contribution in [0, 0.1) is 0 Å². The van der Waals surface area contributed by atoms with Gasteiger partial charge in [0.1, 0.15) is 42.7 Å². The van der Waals surface area contributed by atoms with E-state index in [4.69, 9.17) is 18.5 Å². The number of carbonyl (C=O) groups is 1. The molecule has 1 rings (SSSR count). The predicted octanol–water partition coefficient (Wildman–Crippen LogP) is 9.48. The second-order valence-corrected chi connectivity index (χ2v) is 17.7. The maximum Gasteiger partial charge on any atom is 0.472 e. The van der Waals surface area contributed by atoms with Crippen LogP contribution in [0.4, 0.5) is 0 Å². The number of hydrogen-bond acceptors (Lipinski definition) is 11. The summed E-state index contributed by atoms with van der Waals surface area (Å²) in [5.41, 5.74) is 0. The standard InChI is InChI=1S/C46H85O12P/c1-3-5-7-9-11-13-15-17-19-20-21-22-23-25-27-29-31-33-35-40(47)57-39(37-55-36-34-32-30-28-26-24-18-16-14-12-10-8-6-4-2)38-56-59(53,54)58-46-44(51)42(49)41(48)43(50)45(46)52/h13-16,19-20,39,41-46,48-52H,3-12,17-18,21-38H2,1-2H3,(H,53,54)/b15-13-,16-14-,20-19-. The van der Waals surface area contributed by atoms with E-state index in [-0.39, 0.29) is 13.0 Å². The zero-order chi connectivity index (χ0) is 43.4. The highest BCUT2D eigenvalue weighted by atomic mass is 31.2. The monoisotopic (exact) mass is 861 g/mol. The first-order chi connectivity index (χ1) is 28.5. The van der Waals surface area contributed by atoms with E-state index in [1.807, 2.05) is 0 Å². The van der Waals surface area contributed by atoms with Crippen molar-refractivity contribution >= 4 is 13.8 Å². The molecule has 0 radical (unpaired) electrons. The highest BCUT2D eigenvalue weighted by Gasteiger charge is 2.51. The van der Waals surface area contributed by atoms with E-state index in [1.165, 1.54) is 89.9 Å². The Balaban J connectivity index is 2.40. The van der Waals surface area contributed by atoms with Crippen LogP contribution >= 0.6 is 7.82 Å². The fourth-order valence-electron chi connectivity index (χ4n) is 6.97. The molecule has 0 saturated heterocycles. The first-order valence-corrected chi connectivity index (χ1v) is 24.8. The highest BCUT2D eigenvalue weighted by Crippen LogP contribution is 2.47. The summed E-state index contributed by atoms with van der Waals surface area (Å²) in [6.07, 6.45) is 30.6. The second kappa shape index (κ2) is 37.1. The molecular formula is C46H85O12P. The summed E-state index contributed by atoms with van der Waals surface area (Å²) in [4.78, 5) is 23.2. The van der Waals surface area contributed by atoms with Gasteiger partial charge in [-0.15, -0.1) is 0 Å². The van der Waals surface area contributed by atoms with Crippen LogP contribution in [-0.4, -0.2) is 98.9 Å². The molecule has 0 spiro atoms. The van der Waals surface area contributed by atoms with E-state index in [0.717, 1.165) is 70.6 Å². The number of carbonyl (C=O) groups excluding carboxylic acids is 1. The van der Waals surface area contributed by atoms with Gasteiger partial charge >= 0.3 is 13.8 Å². The summed E-state index contributed by atoms with van der Waals surface area (Å²) >= 11 is 0. The Morgan fingerprint density at radius 2 is 0.949 bits per heavy atom. The molecule has 1 saturated carbocycles. The normalized spacial score (nSPS) is 22.8. The Morgan fingerprint density at radius 1 is 0.542 bits per heavy atom. The molecule has 0 aromatic heterocycles. The van der Waals surface area contributed by atoms with E-state index < -0.39 is 63.1 Å². The summed E-state index contributed by atoms with van der Waals surface area (Å²) in [6.45, 7) is 4.21. The SMILES string of the molecule is CCCCCC/C=C\C/C=C\CCCCCCCCCC(=O)OC(COCCCCCCCC/C=C\CCCCCC)COP(=O)(O)OC1C(O)C(O)C(O)C(O)C1O. The molecule has 1 aliphatic carbocycles. The Kier molecular flexibility index (Phi) is 35.0. The van der Waals surface area contributed by atoms with Crippen LogP contribution in [0.15, 0.2) is 36.5 Å². The zero-order valence-corrected chi connectivity index (χ0v) is 37.7. The van der Waals surface area contributed by atoms with Crippen molar-refractivity contribution in [3.05, 3.63) is 36.5 Å². The first-order valence-electron chi connectivity index (χ1n) is 23.3. The summed E-state index contributed by atoms with van der Waals surface area (Å²) < 4.78 is 34.2. The number of aliphatic hydroxyl groups is 5. The number of phosphoric ester groups is 1. The van der Waals surface area contributed by atoms with Crippen molar-refractivity contribution in [3.8, 4) is 0 Å². The molecule has 6 unspecified atom stereocenters. The molecule has 1 aliphatic rings. The minimum Gasteiger partial charge on any atom is -0.457 e. The quantitative estimate of drug-likeness (QED) is 0.0149. The van der Waals surface area contributed by atoms with Gasteiger partial charge in [-0.3, -0.25) is 13.8 Å². The molecular weight excluding hydrogens is 775 g/mol. The molecule has 1 fully saturated rings. The van der Waals surface area contributed by atoms with E-state index in [0.29, 0.717) is 13.0 Å². The lowest BCUT2D eigenvalue weighted by molar-refractivity contribution is -0.220. The van der Waals surface area contributed by atoms with E-state index in [9.17, 15) is 39.8 Å². The lowest BCUT2D eigenvalue weighted by atomic mass is 9.85. The van der Waals surface area contributed by atoms with Gasteiger partial charge in [-0.05, 0) is 70.6 Å². The topological polar surface area (TPSA) is 192 Å². The molecule has 6 N–H and O–H groups in total. The fourth-order valence-corrected chi connectivity index (χ4v) is 7.94. The number of phosphoric acid groups is 1. The maximum absolute atomic E-state index is 12.8. The Morgan fingerprint density at radius 3 is 1.44 bits per heavy atom. The van der Waals surface area contributed by atoms with Gasteiger partial charge < -0.3 is 39.9 Å². The van der Waals surface area contributed by atoms with Gasteiger partial charge in [0.05, 0.1) is 13.2 Å². The highest BCUT2D eigenvalue weighted by molar-refractivity contribution is 7.47. The summed E-state index contributed by atoms with van der Waals surface area (Å²) in [5, 5.41) is 50.2. The van der Waals surface area contributed by atoms with Crippen molar-refractivity contribution in [3.63, 3.8) is 0 Å².